The zero-order valence-electron chi connectivity index (χ0n) is 18.5. The molecule has 2 aromatic carbocycles. The van der Waals surface area contributed by atoms with Crippen LogP contribution >= 0.6 is 0 Å². The minimum absolute atomic E-state index is 0.000493. The Morgan fingerprint density at radius 2 is 1.78 bits per heavy atom. The first-order valence-corrected chi connectivity index (χ1v) is 10.2. The number of hydrogen-bond donors (Lipinski definition) is 3. The smallest absolute Gasteiger partial charge is 0.327 e. The van der Waals surface area contributed by atoms with Crippen molar-refractivity contribution in [3.8, 4) is 11.5 Å². The number of nitrogens with two attached hydrogens (primary N) is 1. The summed E-state index contributed by atoms with van der Waals surface area (Å²) in [5.41, 5.74) is 6.51. The van der Waals surface area contributed by atoms with Crippen molar-refractivity contribution in [2.24, 2.45) is 5.73 Å². The molecule has 0 saturated heterocycles. The maximum absolute atomic E-state index is 12.2. The van der Waals surface area contributed by atoms with Gasteiger partial charge in [-0.15, -0.1) is 5.10 Å². The van der Waals surface area contributed by atoms with Gasteiger partial charge in [-0.25, -0.2) is 4.79 Å². The van der Waals surface area contributed by atoms with E-state index >= 15 is 0 Å². The molecule has 0 aliphatic heterocycles. The second-order valence-electron chi connectivity index (χ2n) is 8.51. The summed E-state index contributed by atoms with van der Waals surface area (Å²) in [6, 6.07) is 13.9. The number of anilines is 2. The highest BCUT2D eigenvalue weighted by atomic mass is 16.5. The lowest BCUT2D eigenvalue weighted by molar-refractivity contribution is -0.118. The minimum atomic E-state index is -0.501. The number of ether oxygens (including phenoxy) is 1. The van der Waals surface area contributed by atoms with Crippen LogP contribution in [0.15, 0.2) is 52.9 Å². The number of carbonyl (C=O) groups excluding carboxylic acids is 2. The van der Waals surface area contributed by atoms with Gasteiger partial charge < -0.3 is 20.2 Å². The SMILES string of the molecule is CC(CC(N)=O)c1cccc(Oc2ccc(NC(=O)Nc3nnc(C(C)(C)C)o3)cc2)c1. The standard InChI is InChI=1S/C23H27N5O4/c1-14(12-19(24)29)15-6-5-7-18(13-15)31-17-10-8-16(9-11-17)25-21(30)26-22-28-27-20(32-22)23(2,3)4/h5-11,13-14H,12H2,1-4H3,(H2,24,29)(H2,25,26,28,30). The summed E-state index contributed by atoms with van der Waals surface area (Å²) in [4.78, 5) is 23.3. The lowest BCUT2D eigenvalue weighted by atomic mass is 9.97. The molecule has 0 saturated carbocycles. The van der Waals surface area contributed by atoms with E-state index in [0.717, 1.165) is 5.56 Å². The van der Waals surface area contributed by atoms with E-state index in [1.165, 1.54) is 0 Å². The number of hydrogen-bond acceptors (Lipinski definition) is 6. The third kappa shape index (κ3) is 6.31. The zero-order chi connectivity index (χ0) is 23.3. The van der Waals surface area contributed by atoms with Crippen LogP contribution in [-0.4, -0.2) is 22.1 Å². The van der Waals surface area contributed by atoms with Crippen molar-refractivity contribution in [3.05, 3.63) is 60.0 Å². The van der Waals surface area contributed by atoms with Crippen LogP contribution in [-0.2, 0) is 10.2 Å². The molecule has 0 spiro atoms. The highest BCUT2D eigenvalue weighted by Gasteiger charge is 2.22. The van der Waals surface area contributed by atoms with Crippen LogP contribution < -0.4 is 21.1 Å². The number of urea groups is 1. The van der Waals surface area contributed by atoms with Crippen molar-refractivity contribution >= 4 is 23.6 Å². The molecule has 3 aromatic rings. The number of primary amides is 1. The number of amides is 3. The topological polar surface area (TPSA) is 132 Å². The highest BCUT2D eigenvalue weighted by Crippen LogP contribution is 2.27. The number of nitrogens with zero attached hydrogens (tertiary/aromatic N) is 2. The van der Waals surface area contributed by atoms with Gasteiger partial charge in [0.05, 0.1) is 0 Å². The van der Waals surface area contributed by atoms with Gasteiger partial charge in [-0.1, -0.05) is 44.9 Å². The third-order valence-corrected chi connectivity index (χ3v) is 4.57. The van der Waals surface area contributed by atoms with Gasteiger partial charge in [0.1, 0.15) is 11.5 Å². The first kappa shape index (κ1) is 22.8. The van der Waals surface area contributed by atoms with Crippen molar-refractivity contribution in [1.29, 1.82) is 0 Å². The number of nitrogens with one attached hydrogen (secondary N) is 2. The van der Waals surface area contributed by atoms with E-state index in [2.05, 4.69) is 20.8 Å². The maximum Gasteiger partial charge on any atom is 0.327 e. The normalized spacial score (nSPS) is 12.1. The number of rotatable bonds is 7. The lowest BCUT2D eigenvalue weighted by Gasteiger charge is -2.12. The van der Waals surface area contributed by atoms with E-state index in [1.807, 2.05) is 52.0 Å². The molecule has 0 fully saturated rings. The van der Waals surface area contributed by atoms with Crippen LogP contribution in [0.1, 0.15) is 51.5 Å². The first-order chi connectivity index (χ1) is 15.1. The summed E-state index contributed by atoms with van der Waals surface area (Å²) >= 11 is 0. The van der Waals surface area contributed by atoms with Crippen molar-refractivity contribution in [2.45, 2.75) is 45.4 Å². The van der Waals surface area contributed by atoms with Gasteiger partial charge in [0.2, 0.25) is 11.8 Å². The highest BCUT2D eigenvalue weighted by molar-refractivity contribution is 5.98. The summed E-state index contributed by atoms with van der Waals surface area (Å²) in [6.07, 6.45) is 0.271. The molecule has 0 bridgehead atoms. The van der Waals surface area contributed by atoms with Crippen molar-refractivity contribution < 1.29 is 18.7 Å². The first-order valence-electron chi connectivity index (χ1n) is 10.2. The average Bonchev–Trinajstić information content (AvgIpc) is 3.18. The van der Waals surface area contributed by atoms with E-state index in [0.29, 0.717) is 23.1 Å². The fourth-order valence-electron chi connectivity index (χ4n) is 2.88. The molecule has 168 valence electrons. The molecule has 4 N–H and O–H groups in total. The van der Waals surface area contributed by atoms with Crippen LogP contribution in [0.25, 0.3) is 0 Å². The van der Waals surface area contributed by atoms with E-state index < -0.39 is 6.03 Å². The van der Waals surface area contributed by atoms with Gasteiger partial charge in [0, 0.05) is 17.5 Å². The largest absolute Gasteiger partial charge is 0.457 e. The van der Waals surface area contributed by atoms with Gasteiger partial charge >= 0.3 is 12.0 Å². The summed E-state index contributed by atoms with van der Waals surface area (Å²) in [7, 11) is 0. The Morgan fingerprint density at radius 3 is 2.41 bits per heavy atom. The van der Waals surface area contributed by atoms with Crippen LogP contribution in [0.2, 0.25) is 0 Å². The summed E-state index contributed by atoms with van der Waals surface area (Å²) in [6.45, 7) is 7.75. The Hall–Kier alpha value is -3.88. The van der Waals surface area contributed by atoms with Crippen molar-refractivity contribution in [1.82, 2.24) is 10.2 Å². The van der Waals surface area contributed by atoms with Crippen LogP contribution in [0.3, 0.4) is 0 Å². The summed E-state index contributed by atoms with van der Waals surface area (Å²) in [5, 5.41) is 13.0. The molecule has 1 unspecified atom stereocenters. The zero-order valence-corrected chi connectivity index (χ0v) is 18.5. The predicted molar refractivity (Wildman–Crippen MR) is 121 cm³/mol. The minimum Gasteiger partial charge on any atom is -0.457 e. The van der Waals surface area contributed by atoms with Crippen LogP contribution in [0.4, 0.5) is 16.5 Å². The molecule has 32 heavy (non-hydrogen) atoms. The average molecular weight is 438 g/mol. The molecule has 0 aliphatic carbocycles. The second kappa shape index (κ2) is 9.51. The van der Waals surface area contributed by atoms with Crippen molar-refractivity contribution in [2.75, 3.05) is 10.6 Å². The second-order valence-corrected chi connectivity index (χ2v) is 8.51. The Bertz CT molecular complexity index is 1090. The molecule has 1 atom stereocenters. The van der Waals surface area contributed by atoms with Gasteiger partial charge in [0.25, 0.3) is 0 Å². The molecule has 0 aliphatic rings. The molecule has 3 amide bonds. The fraction of sp³-hybridized carbons (Fsp3) is 0.304. The molecule has 1 heterocycles. The summed E-state index contributed by atoms with van der Waals surface area (Å²) in [5.74, 6) is 1.33. The molecular weight excluding hydrogens is 410 g/mol. The number of carbonyl (C=O) groups is 2. The van der Waals surface area contributed by atoms with E-state index in [1.54, 1.807) is 24.3 Å². The molecule has 0 radical (unpaired) electrons. The maximum atomic E-state index is 12.2. The van der Waals surface area contributed by atoms with Gasteiger partial charge in [-0.3, -0.25) is 10.1 Å². The van der Waals surface area contributed by atoms with Crippen LogP contribution in [0, 0.1) is 0 Å². The lowest BCUT2D eigenvalue weighted by Crippen LogP contribution is -2.19. The fourth-order valence-corrected chi connectivity index (χ4v) is 2.88. The Kier molecular flexibility index (Phi) is 6.77. The molecule has 3 rings (SSSR count). The molecule has 9 nitrogen and oxygen atoms in total. The Balaban J connectivity index is 1.58. The van der Waals surface area contributed by atoms with Gasteiger partial charge in [0.15, 0.2) is 0 Å². The van der Waals surface area contributed by atoms with Crippen molar-refractivity contribution in [3.63, 3.8) is 0 Å². The van der Waals surface area contributed by atoms with E-state index in [-0.39, 0.29) is 29.7 Å². The Labute approximate surface area is 186 Å². The molecular formula is C23H27N5O4. The monoisotopic (exact) mass is 437 g/mol. The number of aromatic nitrogens is 2. The van der Waals surface area contributed by atoms with E-state index in [4.69, 9.17) is 14.9 Å². The predicted octanol–water partition coefficient (Wildman–Crippen LogP) is 4.78. The van der Waals surface area contributed by atoms with E-state index in [9.17, 15) is 9.59 Å². The molecule has 9 heteroatoms. The molecule has 1 aromatic heterocycles. The Morgan fingerprint density at radius 1 is 1.06 bits per heavy atom. The third-order valence-electron chi connectivity index (χ3n) is 4.57. The number of benzene rings is 2. The van der Waals surface area contributed by atoms with Gasteiger partial charge in [-0.05, 0) is 47.9 Å². The summed E-state index contributed by atoms with van der Waals surface area (Å²) < 4.78 is 11.3. The quantitative estimate of drug-likeness (QED) is 0.487. The van der Waals surface area contributed by atoms with Gasteiger partial charge in [-0.2, -0.15) is 0 Å². The van der Waals surface area contributed by atoms with Crippen LogP contribution in [0.5, 0.6) is 11.5 Å².